The molecule has 0 N–H and O–H groups in total. The Bertz CT molecular complexity index is 1070. The van der Waals surface area contributed by atoms with Crippen molar-refractivity contribution in [1.29, 1.82) is 0 Å². The van der Waals surface area contributed by atoms with Crippen LogP contribution < -0.4 is 0 Å². The van der Waals surface area contributed by atoms with Gasteiger partial charge in [-0.1, -0.05) is 34.9 Å². The van der Waals surface area contributed by atoms with Gasteiger partial charge in [-0.25, -0.2) is 4.79 Å². The average Bonchev–Trinajstić information content (AvgIpc) is 2.87. The first-order valence-corrected chi connectivity index (χ1v) is 8.11. The Morgan fingerprint density at radius 3 is 2.35 bits per heavy atom. The fraction of sp³-hybridized carbons (Fsp3) is 0.0526. The van der Waals surface area contributed by atoms with E-state index in [4.69, 9.17) is 16.4 Å². The van der Waals surface area contributed by atoms with Crippen molar-refractivity contribution >= 4 is 40.3 Å². The summed E-state index contributed by atoms with van der Waals surface area (Å²) in [5.74, 6) is -2.21. The van der Waals surface area contributed by atoms with Gasteiger partial charge >= 0.3 is 5.97 Å². The molecule has 1 aliphatic rings. The number of aromatic nitrogens is 1. The predicted molar refractivity (Wildman–Crippen MR) is 93.8 cm³/mol. The molecule has 26 heavy (non-hydrogen) atoms. The van der Waals surface area contributed by atoms with Crippen LogP contribution in [0, 0.1) is 6.92 Å². The maximum Gasteiger partial charge on any atom is 0.365 e. The number of rotatable bonds is 2. The molecule has 0 radical (unpaired) electrons. The normalized spacial score (nSPS) is 13.2. The Kier molecular flexibility index (Phi) is 3.70. The molecule has 3 aromatic rings. The van der Waals surface area contributed by atoms with E-state index in [0.29, 0.717) is 26.7 Å². The maximum absolute atomic E-state index is 12.6. The van der Waals surface area contributed by atoms with Gasteiger partial charge in [-0.05, 0) is 37.3 Å². The number of halogens is 1. The number of hydroxylamine groups is 2. The van der Waals surface area contributed by atoms with Crippen molar-refractivity contribution < 1.29 is 19.2 Å². The number of nitrogens with zero attached hydrogens (tertiary/aromatic N) is 2. The van der Waals surface area contributed by atoms with Crippen molar-refractivity contribution in [3.05, 3.63) is 75.9 Å². The molecule has 0 spiro atoms. The zero-order chi connectivity index (χ0) is 18.4. The molecule has 0 bridgehead atoms. The molecule has 7 heteroatoms. The van der Waals surface area contributed by atoms with E-state index in [-0.39, 0.29) is 16.7 Å². The number of aryl methyl sites for hydroxylation is 1. The smallest absolute Gasteiger partial charge is 0.324 e. The van der Waals surface area contributed by atoms with E-state index in [2.05, 4.69) is 4.98 Å². The van der Waals surface area contributed by atoms with Crippen LogP contribution in [0.15, 0.2) is 48.5 Å². The number of pyridine rings is 1. The van der Waals surface area contributed by atoms with Gasteiger partial charge in [0.2, 0.25) is 0 Å². The second kappa shape index (κ2) is 5.93. The topological polar surface area (TPSA) is 76.6 Å². The van der Waals surface area contributed by atoms with E-state index in [1.54, 1.807) is 43.3 Å². The van der Waals surface area contributed by atoms with Gasteiger partial charge in [0.1, 0.15) is 0 Å². The summed E-state index contributed by atoms with van der Waals surface area (Å²) in [6, 6.07) is 13.0. The van der Waals surface area contributed by atoms with Crippen molar-refractivity contribution in [2.45, 2.75) is 6.92 Å². The van der Waals surface area contributed by atoms with Gasteiger partial charge in [0.05, 0.1) is 27.9 Å². The number of imide groups is 1. The average molecular weight is 367 g/mol. The van der Waals surface area contributed by atoms with Gasteiger partial charge in [0.25, 0.3) is 11.8 Å². The minimum absolute atomic E-state index is 0.127. The van der Waals surface area contributed by atoms with Gasteiger partial charge in [-0.3, -0.25) is 14.6 Å². The molecule has 6 nitrogen and oxygen atoms in total. The first kappa shape index (κ1) is 16.2. The third-order valence-corrected chi connectivity index (χ3v) is 4.48. The lowest BCUT2D eigenvalue weighted by Gasteiger charge is -2.14. The van der Waals surface area contributed by atoms with Crippen molar-refractivity contribution in [2.24, 2.45) is 0 Å². The summed E-state index contributed by atoms with van der Waals surface area (Å²) in [5.41, 5.74) is 1.55. The van der Waals surface area contributed by atoms with Crippen molar-refractivity contribution in [3.63, 3.8) is 0 Å². The zero-order valence-electron chi connectivity index (χ0n) is 13.5. The Morgan fingerprint density at radius 2 is 1.69 bits per heavy atom. The third kappa shape index (κ3) is 2.43. The molecule has 128 valence electrons. The number of hydrogen-bond donors (Lipinski definition) is 0. The minimum Gasteiger partial charge on any atom is -0.324 e. The van der Waals surface area contributed by atoms with E-state index in [1.807, 2.05) is 0 Å². The second-order valence-electron chi connectivity index (χ2n) is 5.76. The summed E-state index contributed by atoms with van der Waals surface area (Å²) in [4.78, 5) is 46.6. The lowest BCUT2D eigenvalue weighted by Crippen LogP contribution is -2.33. The summed E-state index contributed by atoms with van der Waals surface area (Å²) in [7, 11) is 0. The number of fused-ring (bicyclic) bond motifs is 2. The summed E-state index contributed by atoms with van der Waals surface area (Å²) >= 11 is 6.15. The molecule has 4 rings (SSSR count). The third-order valence-electron chi connectivity index (χ3n) is 4.15. The lowest BCUT2D eigenvalue weighted by molar-refractivity contribution is -0.0585. The largest absolute Gasteiger partial charge is 0.365 e. The molecule has 0 atom stereocenters. The molecule has 0 aliphatic carbocycles. The fourth-order valence-electron chi connectivity index (χ4n) is 2.84. The van der Waals surface area contributed by atoms with Crippen LogP contribution in [-0.4, -0.2) is 27.8 Å². The highest BCUT2D eigenvalue weighted by molar-refractivity contribution is 6.35. The molecular formula is C19H11ClN2O4. The summed E-state index contributed by atoms with van der Waals surface area (Å²) < 4.78 is 0. The Labute approximate surface area is 152 Å². The first-order valence-electron chi connectivity index (χ1n) is 7.73. The highest BCUT2D eigenvalue weighted by Gasteiger charge is 2.39. The van der Waals surface area contributed by atoms with Crippen LogP contribution in [0.25, 0.3) is 10.9 Å². The molecular weight excluding hydrogens is 356 g/mol. The van der Waals surface area contributed by atoms with Crippen LogP contribution >= 0.6 is 11.6 Å². The van der Waals surface area contributed by atoms with E-state index in [9.17, 15) is 14.4 Å². The number of amides is 2. The maximum atomic E-state index is 12.6. The van der Waals surface area contributed by atoms with Gasteiger partial charge in [-0.2, -0.15) is 0 Å². The van der Waals surface area contributed by atoms with Crippen LogP contribution in [0.5, 0.6) is 0 Å². The zero-order valence-corrected chi connectivity index (χ0v) is 14.3. The summed E-state index contributed by atoms with van der Waals surface area (Å²) in [6.45, 7) is 1.64. The van der Waals surface area contributed by atoms with E-state index >= 15 is 0 Å². The monoisotopic (exact) mass is 366 g/mol. The lowest BCUT2D eigenvalue weighted by atomic mass is 10.1. The van der Waals surface area contributed by atoms with Gasteiger partial charge < -0.3 is 4.84 Å². The number of benzene rings is 2. The number of hydrogen-bond acceptors (Lipinski definition) is 5. The van der Waals surface area contributed by atoms with Crippen LogP contribution in [0.3, 0.4) is 0 Å². The minimum atomic E-state index is -0.855. The molecule has 2 aromatic carbocycles. The van der Waals surface area contributed by atoms with Crippen molar-refractivity contribution in [1.82, 2.24) is 10.0 Å². The molecule has 1 aliphatic heterocycles. The fourth-order valence-corrected chi connectivity index (χ4v) is 3.07. The van der Waals surface area contributed by atoms with Crippen molar-refractivity contribution in [2.75, 3.05) is 0 Å². The Morgan fingerprint density at radius 1 is 1.04 bits per heavy atom. The molecule has 0 saturated carbocycles. The van der Waals surface area contributed by atoms with Gasteiger partial charge in [0, 0.05) is 10.4 Å². The second-order valence-corrected chi connectivity index (χ2v) is 6.16. The molecule has 0 saturated heterocycles. The molecule has 0 unspecified atom stereocenters. The van der Waals surface area contributed by atoms with E-state index in [0.717, 1.165) is 0 Å². The van der Waals surface area contributed by atoms with Crippen LogP contribution in [0.4, 0.5) is 0 Å². The SMILES string of the molecule is Cc1nc2cccc(Cl)c2cc1C(=O)ON1C(=O)c2ccccc2C1=O. The summed E-state index contributed by atoms with van der Waals surface area (Å²) in [6.07, 6.45) is 0. The number of carbonyl (C=O) groups is 3. The van der Waals surface area contributed by atoms with E-state index in [1.165, 1.54) is 12.1 Å². The highest BCUT2D eigenvalue weighted by atomic mass is 35.5. The first-order chi connectivity index (χ1) is 12.5. The molecule has 0 fully saturated rings. The highest BCUT2D eigenvalue weighted by Crippen LogP contribution is 2.26. The van der Waals surface area contributed by atoms with Gasteiger partial charge in [-0.15, -0.1) is 0 Å². The Balaban J connectivity index is 1.69. The quantitative estimate of drug-likeness (QED) is 0.648. The van der Waals surface area contributed by atoms with Crippen molar-refractivity contribution in [3.8, 4) is 0 Å². The molecule has 2 heterocycles. The van der Waals surface area contributed by atoms with Crippen LogP contribution in [-0.2, 0) is 4.84 Å². The standard InChI is InChI=1S/C19H11ClN2O4/c1-10-13(9-14-15(20)7-4-8-16(14)21-10)19(25)26-22-17(23)11-5-2-3-6-12(11)18(22)24/h2-9H,1H3. The van der Waals surface area contributed by atoms with E-state index < -0.39 is 17.8 Å². The summed E-state index contributed by atoms with van der Waals surface area (Å²) in [5, 5.41) is 1.49. The van der Waals surface area contributed by atoms with Crippen LogP contribution in [0.2, 0.25) is 5.02 Å². The van der Waals surface area contributed by atoms with Gasteiger partial charge in [0.15, 0.2) is 0 Å². The Hall–Kier alpha value is -3.25. The molecule has 2 amide bonds. The number of carbonyl (C=O) groups excluding carboxylic acids is 3. The molecule has 1 aromatic heterocycles. The predicted octanol–water partition coefficient (Wildman–Crippen LogP) is 3.56. The van der Waals surface area contributed by atoms with Crippen LogP contribution in [0.1, 0.15) is 36.8 Å².